The molecule has 0 bridgehead atoms. The van der Waals surface area contributed by atoms with Crippen molar-refractivity contribution in [3.05, 3.63) is 63.7 Å². The minimum absolute atomic E-state index is 0.0392. The highest BCUT2D eigenvalue weighted by Gasteiger charge is 2.31. The van der Waals surface area contributed by atoms with E-state index in [1.807, 2.05) is 0 Å². The Balaban J connectivity index is 2.01. The van der Waals surface area contributed by atoms with Gasteiger partial charge in [0.25, 0.3) is 5.91 Å². The van der Waals surface area contributed by atoms with E-state index in [1.54, 1.807) is 0 Å². The summed E-state index contributed by atoms with van der Waals surface area (Å²) >= 11 is 5.74. The Bertz CT molecular complexity index is 749. The summed E-state index contributed by atoms with van der Waals surface area (Å²) in [6.45, 7) is 0. The third-order valence-corrected chi connectivity index (χ3v) is 3.72. The van der Waals surface area contributed by atoms with Gasteiger partial charge in [-0.25, -0.2) is 8.78 Å². The lowest BCUT2D eigenvalue weighted by atomic mass is 10.0. The van der Waals surface area contributed by atoms with Gasteiger partial charge in [-0.15, -0.1) is 0 Å². The number of benzene rings is 2. The van der Waals surface area contributed by atoms with E-state index in [4.69, 9.17) is 22.1 Å². The molecule has 0 aliphatic carbocycles. The molecule has 1 atom stereocenters. The first-order valence-electron chi connectivity index (χ1n) is 6.20. The molecule has 1 heterocycles. The van der Waals surface area contributed by atoms with Crippen LogP contribution in [0.15, 0.2) is 30.3 Å². The fourth-order valence-corrected chi connectivity index (χ4v) is 2.58. The van der Waals surface area contributed by atoms with E-state index < -0.39 is 23.6 Å². The average molecular weight is 310 g/mol. The Morgan fingerprint density at radius 1 is 1.24 bits per heavy atom. The molecule has 6 heteroatoms. The summed E-state index contributed by atoms with van der Waals surface area (Å²) in [5, 5.41) is -0.0392. The highest BCUT2D eigenvalue weighted by molar-refractivity contribution is 6.30. The van der Waals surface area contributed by atoms with Crippen LogP contribution < -0.4 is 10.5 Å². The van der Waals surface area contributed by atoms with Gasteiger partial charge in [-0.3, -0.25) is 4.79 Å². The number of amides is 1. The van der Waals surface area contributed by atoms with Gasteiger partial charge in [0.2, 0.25) is 0 Å². The van der Waals surface area contributed by atoms with Crippen LogP contribution >= 0.6 is 11.6 Å². The number of fused-ring (bicyclic) bond motifs is 1. The Kier molecular flexibility index (Phi) is 3.29. The van der Waals surface area contributed by atoms with E-state index in [0.29, 0.717) is 5.56 Å². The van der Waals surface area contributed by atoms with E-state index in [0.717, 1.165) is 0 Å². The number of hydrogen-bond acceptors (Lipinski definition) is 2. The molecule has 0 saturated heterocycles. The van der Waals surface area contributed by atoms with Crippen LogP contribution in [0.3, 0.4) is 0 Å². The van der Waals surface area contributed by atoms with E-state index in [1.165, 1.54) is 30.3 Å². The van der Waals surface area contributed by atoms with Gasteiger partial charge < -0.3 is 10.5 Å². The van der Waals surface area contributed by atoms with Gasteiger partial charge in [0, 0.05) is 12.0 Å². The third kappa shape index (κ3) is 2.34. The van der Waals surface area contributed by atoms with Crippen LogP contribution in [0.1, 0.15) is 27.6 Å². The van der Waals surface area contributed by atoms with Gasteiger partial charge in [0.1, 0.15) is 23.5 Å². The molecule has 3 nitrogen and oxygen atoms in total. The number of carbonyl (C=O) groups excluding carboxylic acids is 1. The number of primary amides is 1. The van der Waals surface area contributed by atoms with Crippen molar-refractivity contribution < 1.29 is 18.3 Å². The summed E-state index contributed by atoms with van der Waals surface area (Å²) in [6, 6.07) is 6.63. The highest BCUT2D eigenvalue weighted by Crippen LogP contribution is 2.41. The van der Waals surface area contributed by atoms with Crippen LogP contribution in [0.5, 0.6) is 5.75 Å². The highest BCUT2D eigenvalue weighted by atomic mass is 35.5. The van der Waals surface area contributed by atoms with Crippen LogP contribution in [0, 0.1) is 11.6 Å². The van der Waals surface area contributed by atoms with E-state index in [9.17, 15) is 13.6 Å². The minimum Gasteiger partial charge on any atom is -0.484 e. The van der Waals surface area contributed by atoms with Crippen LogP contribution in [0.25, 0.3) is 0 Å². The molecule has 0 radical (unpaired) electrons. The smallest absolute Gasteiger partial charge is 0.252 e. The molecule has 1 unspecified atom stereocenters. The SMILES string of the molecule is NC(=O)c1ccc(F)c2c1OC(c1ccc(F)c(Cl)c1)C2. The number of hydrogen-bond donors (Lipinski definition) is 1. The molecule has 21 heavy (non-hydrogen) atoms. The zero-order valence-corrected chi connectivity index (χ0v) is 11.5. The summed E-state index contributed by atoms with van der Waals surface area (Å²) in [4.78, 5) is 11.4. The number of carbonyl (C=O) groups is 1. The standard InChI is InChI=1S/C15H10ClF2NO2/c16-10-5-7(1-3-12(10)18)13-6-9-11(17)4-2-8(15(19)20)14(9)21-13/h1-5,13H,6H2,(H2,19,20). The molecule has 3 rings (SSSR count). The summed E-state index contributed by atoms with van der Waals surface area (Å²) < 4.78 is 32.7. The summed E-state index contributed by atoms with van der Waals surface area (Å²) in [5.41, 5.74) is 6.27. The van der Waals surface area contributed by atoms with Crippen LogP contribution in [0.2, 0.25) is 5.02 Å². The second-order valence-electron chi connectivity index (χ2n) is 4.75. The second-order valence-corrected chi connectivity index (χ2v) is 5.16. The molecular weight excluding hydrogens is 300 g/mol. The van der Waals surface area contributed by atoms with Crippen LogP contribution in [-0.4, -0.2) is 5.91 Å². The molecular formula is C15H10ClF2NO2. The molecule has 1 amide bonds. The van der Waals surface area contributed by atoms with Crippen LogP contribution in [0.4, 0.5) is 8.78 Å². The molecule has 0 fully saturated rings. The lowest BCUT2D eigenvalue weighted by Gasteiger charge is -2.12. The normalized spacial score (nSPS) is 16.4. The van der Waals surface area contributed by atoms with Crippen molar-refractivity contribution >= 4 is 17.5 Å². The largest absolute Gasteiger partial charge is 0.484 e. The summed E-state index contributed by atoms with van der Waals surface area (Å²) in [6.07, 6.45) is -0.308. The van der Waals surface area contributed by atoms with Gasteiger partial charge in [0.05, 0.1) is 10.6 Å². The fourth-order valence-electron chi connectivity index (χ4n) is 2.39. The zero-order valence-electron chi connectivity index (χ0n) is 10.7. The topological polar surface area (TPSA) is 52.3 Å². The molecule has 2 aromatic rings. The predicted octanol–water partition coefficient (Wildman–Crippen LogP) is 3.39. The fraction of sp³-hybridized carbons (Fsp3) is 0.133. The van der Waals surface area contributed by atoms with Gasteiger partial charge in [-0.2, -0.15) is 0 Å². The first-order valence-corrected chi connectivity index (χ1v) is 6.58. The van der Waals surface area contributed by atoms with Gasteiger partial charge >= 0.3 is 0 Å². The van der Waals surface area contributed by atoms with Gasteiger partial charge in [-0.1, -0.05) is 17.7 Å². The quantitative estimate of drug-likeness (QED) is 0.924. The third-order valence-electron chi connectivity index (χ3n) is 3.43. The molecule has 2 N–H and O–H groups in total. The van der Waals surface area contributed by atoms with Crippen molar-refractivity contribution in [1.82, 2.24) is 0 Å². The van der Waals surface area contributed by atoms with Crippen molar-refractivity contribution in [2.24, 2.45) is 5.73 Å². The first kappa shape index (κ1) is 13.8. The summed E-state index contributed by atoms with van der Waals surface area (Å²) in [5.74, 6) is -1.55. The maximum Gasteiger partial charge on any atom is 0.252 e. The zero-order chi connectivity index (χ0) is 15.1. The van der Waals surface area contributed by atoms with Crippen molar-refractivity contribution in [1.29, 1.82) is 0 Å². The monoisotopic (exact) mass is 309 g/mol. The molecule has 2 aromatic carbocycles. The van der Waals surface area contributed by atoms with E-state index in [-0.39, 0.29) is 28.3 Å². The predicted molar refractivity (Wildman–Crippen MR) is 73.4 cm³/mol. The molecule has 1 aliphatic heterocycles. The Morgan fingerprint density at radius 3 is 2.62 bits per heavy atom. The van der Waals surface area contributed by atoms with Crippen molar-refractivity contribution in [2.45, 2.75) is 12.5 Å². The lowest BCUT2D eigenvalue weighted by Crippen LogP contribution is -2.13. The first-order chi connectivity index (χ1) is 9.97. The van der Waals surface area contributed by atoms with E-state index in [2.05, 4.69) is 0 Å². The van der Waals surface area contributed by atoms with Crippen molar-refractivity contribution in [3.8, 4) is 5.75 Å². The minimum atomic E-state index is -0.691. The van der Waals surface area contributed by atoms with Crippen LogP contribution in [-0.2, 0) is 6.42 Å². The van der Waals surface area contributed by atoms with Gasteiger partial charge in [-0.05, 0) is 29.8 Å². The second kappa shape index (κ2) is 5.00. The number of halogens is 3. The maximum absolute atomic E-state index is 13.8. The molecule has 1 aliphatic rings. The molecule has 108 valence electrons. The van der Waals surface area contributed by atoms with E-state index >= 15 is 0 Å². The number of rotatable bonds is 2. The molecule has 0 spiro atoms. The Labute approximate surface area is 124 Å². The van der Waals surface area contributed by atoms with Crippen molar-refractivity contribution in [2.75, 3.05) is 0 Å². The average Bonchev–Trinajstić information content (AvgIpc) is 2.87. The Morgan fingerprint density at radius 2 is 1.95 bits per heavy atom. The summed E-state index contributed by atoms with van der Waals surface area (Å²) in [7, 11) is 0. The lowest BCUT2D eigenvalue weighted by molar-refractivity contribution is 0.0995. The maximum atomic E-state index is 13.8. The Hall–Kier alpha value is -2.14. The molecule has 0 aromatic heterocycles. The van der Waals surface area contributed by atoms with Crippen molar-refractivity contribution in [3.63, 3.8) is 0 Å². The number of ether oxygens (including phenoxy) is 1. The molecule has 0 saturated carbocycles. The van der Waals surface area contributed by atoms with Gasteiger partial charge in [0.15, 0.2) is 0 Å². The number of nitrogens with two attached hydrogens (primary N) is 1.